The summed E-state index contributed by atoms with van der Waals surface area (Å²) >= 11 is 0. The molecule has 1 amide bonds. The molecule has 0 radical (unpaired) electrons. The van der Waals surface area contributed by atoms with Crippen LogP contribution in [-0.2, 0) is 28.6 Å². The van der Waals surface area contributed by atoms with Crippen LogP contribution in [0.2, 0.25) is 0 Å². The van der Waals surface area contributed by atoms with Gasteiger partial charge in [0.15, 0.2) is 6.10 Å². The molecule has 0 saturated carbocycles. The van der Waals surface area contributed by atoms with E-state index in [0.29, 0.717) is 0 Å². The number of amides is 1. The predicted molar refractivity (Wildman–Crippen MR) is 82.6 cm³/mol. The quantitative estimate of drug-likeness (QED) is 0.558. The highest BCUT2D eigenvalue weighted by atomic mass is 16.6. The van der Waals surface area contributed by atoms with E-state index in [4.69, 9.17) is 14.2 Å². The summed E-state index contributed by atoms with van der Waals surface area (Å²) in [5, 5.41) is 0. The first-order chi connectivity index (χ1) is 10.3. The Kier molecular flexibility index (Phi) is 5.79. The maximum atomic E-state index is 12.3. The minimum absolute atomic E-state index is 0.206. The maximum absolute atomic E-state index is 12.3. The molecule has 1 heterocycles. The highest BCUT2D eigenvalue weighted by molar-refractivity contribution is 5.90. The number of epoxide rings is 1. The highest BCUT2D eigenvalue weighted by Crippen LogP contribution is 2.23. The van der Waals surface area contributed by atoms with E-state index in [-0.39, 0.29) is 19.2 Å². The van der Waals surface area contributed by atoms with Crippen LogP contribution in [0.4, 0.5) is 0 Å². The Morgan fingerprint density at radius 2 is 1.26 bits per heavy atom. The van der Waals surface area contributed by atoms with Gasteiger partial charge >= 0.3 is 11.9 Å². The third-order valence-electron chi connectivity index (χ3n) is 2.75. The molecule has 23 heavy (non-hydrogen) atoms. The Bertz CT molecular complexity index is 444. The van der Waals surface area contributed by atoms with Gasteiger partial charge in [-0.25, -0.2) is 0 Å². The Hall–Kier alpha value is -1.63. The molecule has 7 nitrogen and oxygen atoms in total. The Labute approximate surface area is 137 Å². The number of hydrogen-bond donors (Lipinski definition) is 0. The first-order valence-corrected chi connectivity index (χ1v) is 7.66. The van der Waals surface area contributed by atoms with E-state index in [1.54, 1.807) is 48.5 Å². The molecular formula is C16H27NO6. The lowest BCUT2D eigenvalue weighted by molar-refractivity contribution is -0.164. The lowest BCUT2D eigenvalue weighted by atomic mass is 10.2. The van der Waals surface area contributed by atoms with Crippen molar-refractivity contribution in [3.05, 3.63) is 0 Å². The molecule has 0 aromatic carbocycles. The molecule has 0 unspecified atom stereocenters. The number of hydrogen-bond acceptors (Lipinski definition) is 6. The van der Waals surface area contributed by atoms with E-state index < -0.39 is 35.2 Å². The zero-order valence-corrected chi connectivity index (χ0v) is 15.0. The number of ether oxygens (including phenoxy) is 3. The normalized spacial score (nSPS) is 20.7. The van der Waals surface area contributed by atoms with Gasteiger partial charge in [-0.3, -0.25) is 14.4 Å². The summed E-state index contributed by atoms with van der Waals surface area (Å²) in [6.45, 7) is 11.5. The summed E-state index contributed by atoms with van der Waals surface area (Å²) in [5.74, 6) is -1.57. The van der Waals surface area contributed by atoms with Gasteiger partial charge in [0.05, 0.1) is 6.10 Å². The predicted octanol–water partition coefficient (Wildman–Crippen LogP) is 1.29. The van der Waals surface area contributed by atoms with Crippen LogP contribution in [0.3, 0.4) is 0 Å². The third-order valence-corrected chi connectivity index (χ3v) is 2.75. The molecule has 7 heteroatoms. The first kappa shape index (κ1) is 19.4. The molecule has 1 aliphatic rings. The van der Waals surface area contributed by atoms with Gasteiger partial charge < -0.3 is 19.1 Å². The van der Waals surface area contributed by atoms with Crippen molar-refractivity contribution in [1.82, 2.24) is 4.90 Å². The van der Waals surface area contributed by atoms with Gasteiger partial charge in [-0.2, -0.15) is 0 Å². The molecule has 0 spiro atoms. The van der Waals surface area contributed by atoms with Crippen LogP contribution >= 0.6 is 0 Å². The topological polar surface area (TPSA) is 85.4 Å². The summed E-state index contributed by atoms with van der Waals surface area (Å²) in [6.07, 6.45) is -0.817. The Morgan fingerprint density at radius 1 is 0.913 bits per heavy atom. The van der Waals surface area contributed by atoms with Crippen molar-refractivity contribution < 1.29 is 28.6 Å². The molecule has 132 valence electrons. The zero-order chi connectivity index (χ0) is 18.0. The standard InChI is InChI=1S/C16H27NO6/c1-10-13(21-10)14(20)17(8-11(18)22-15(2,3)4)9-12(19)23-16(5,6)7/h10,13H,8-9H2,1-7H3/t10-,13-/m1/s1. The second-order valence-electron chi connectivity index (χ2n) is 7.63. The van der Waals surface area contributed by atoms with Crippen molar-refractivity contribution in [2.75, 3.05) is 13.1 Å². The van der Waals surface area contributed by atoms with E-state index in [0.717, 1.165) is 4.90 Å². The van der Waals surface area contributed by atoms with Crippen molar-refractivity contribution in [3.63, 3.8) is 0 Å². The molecule has 0 aliphatic carbocycles. The van der Waals surface area contributed by atoms with Crippen LogP contribution in [-0.4, -0.2) is 59.2 Å². The number of esters is 2. The number of nitrogens with zero attached hydrogens (tertiary/aromatic N) is 1. The first-order valence-electron chi connectivity index (χ1n) is 7.66. The average Bonchev–Trinajstić information content (AvgIpc) is 2.99. The fraction of sp³-hybridized carbons (Fsp3) is 0.812. The van der Waals surface area contributed by atoms with Crippen molar-refractivity contribution >= 4 is 17.8 Å². The van der Waals surface area contributed by atoms with Crippen molar-refractivity contribution in [3.8, 4) is 0 Å². The lowest BCUT2D eigenvalue weighted by Crippen LogP contribution is -2.45. The van der Waals surface area contributed by atoms with Crippen molar-refractivity contribution in [2.45, 2.75) is 71.9 Å². The number of carbonyl (C=O) groups excluding carboxylic acids is 3. The Balaban J connectivity index is 2.71. The third kappa shape index (κ3) is 7.45. The summed E-state index contributed by atoms with van der Waals surface area (Å²) in [6, 6.07) is 0. The fourth-order valence-corrected chi connectivity index (χ4v) is 1.90. The highest BCUT2D eigenvalue weighted by Gasteiger charge is 2.44. The van der Waals surface area contributed by atoms with Crippen LogP contribution < -0.4 is 0 Å². The molecule has 1 aliphatic heterocycles. The van der Waals surface area contributed by atoms with Crippen molar-refractivity contribution in [2.24, 2.45) is 0 Å². The summed E-state index contributed by atoms with van der Waals surface area (Å²) in [4.78, 5) is 37.3. The number of rotatable bonds is 5. The maximum Gasteiger partial charge on any atom is 0.326 e. The molecular weight excluding hydrogens is 302 g/mol. The van der Waals surface area contributed by atoms with E-state index in [9.17, 15) is 14.4 Å². The molecule has 1 rings (SSSR count). The zero-order valence-electron chi connectivity index (χ0n) is 15.0. The number of carbonyl (C=O) groups is 3. The lowest BCUT2D eigenvalue weighted by Gasteiger charge is -2.26. The van der Waals surface area contributed by atoms with E-state index in [1.165, 1.54) is 0 Å². The van der Waals surface area contributed by atoms with Gasteiger partial charge in [-0.05, 0) is 48.5 Å². The molecule has 1 saturated heterocycles. The molecule has 0 bridgehead atoms. The fourth-order valence-electron chi connectivity index (χ4n) is 1.90. The van der Waals surface area contributed by atoms with E-state index in [2.05, 4.69) is 0 Å². The second kappa shape index (κ2) is 6.86. The van der Waals surface area contributed by atoms with Gasteiger partial charge in [0.2, 0.25) is 0 Å². The molecule has 0 N–H and O–H groups in total. The molecule has 0 aromatic heterocycles. The van der Waals surface area contributed by atoms with Gasteiger partial charge in [-0.1, -0.05) is 0 Å². The van der Waals surface area contributed by atoms with E-state index >= 15 is 0 Å². The summed E-state index contributed by atoms with van der Waals surface area (Å²) in [5.41, 5.74) is -1.33. The van der Waals surface area contributed by atoms with E-state index in [1.807, 2.05) is 0 Å². The minimum atomic E-state index is -0.666. The van der Waals surface area contributed by atoms with Gasteiger partial charge in [0.25, 0.3) is 5.91 Å². The SMILES string of the molecule is C[C@H]1O[C@H]1C(=O)N(CC(=O)OC(C)(C)C)CC(=O)OC(C)(C)C. The smallest absolute Gasteiger partial charge is 0.326 e. The average molecular weight is 329 g/mol. The van der Waals surface area contributed by atoms with Gasteiger partial charge in [0, 0.05) is 0 Å². The molecule has 0 aromatic rings. The van der Waals surface area contributed by atoms with Gasteiger partial charge in [-0.15, -0.1) is 0 Å². The second-order valence-corrected chi connectivity index (χ2v) is 7.63. The van der Waals surface area contributed by atoms with Crippen molar-refractivity contribution in [1.29, 1.82) is 0 Å². The molecule has 2 atom stereocenters. The Morgan fingerprint density at radius 3 is 1.52 bits per heavy atom. The largest absolute Gasteiger partial charge is 0.459 e. The van der Waals surface area contributed by atoms with Crippen LogP contribution in [0.25, 0.3) is 0 Å². The van der Waals surface area contributed by atoms with Crippen LogP contribution in [0.1, 0.15) is 48.5 Å². The van der Waals surface area contributed by atoms with Crippen LogP contribution in [0.5, 0.6) is 0 Å². The minimum Gasteiger partial charge on any atom is -0.459 e. The van der Waals surface area contributed by atoms with Crippen LogP contribution in [0.15, 0.2) is 0 Å². The summed E-state index contributed by atoms with van der Waals surface area (Å²) < 4.78 is 15.5. The van der Waals surface area contributed by atoms with Crippen LogP contribution in [0, 0.1) is 0 Å². The molecule has 1 fully saturated rings. The van der Waals surface area contributed by atoms with Gasteiger partial charge in [0.1, 0.15) is 24.3 Å². The summed E-state index contributed by atoms with van der Waals surface area (Å²) in [7, 11) is 0. The monoisotopic (exact) mass is 329 g/mol.